The fraction of sp³-hybridized carbons (Fsp3) is 0.750. The number of hydrogen-bond donors (Lipinski definition) is 3. The standard InChI is InChI=1S/C7H12O5.C2H6.C2H2.CH4O/c1-11-6-3-4(8)2-5(12-6)7(9)10;3*1-2/h4-6,8H,2-3H2,1H3,(H,9,10);1-2H3;1-2H;2H,1H3/t4-,5-,6+;;;/m0.../s1. The van der Waals surface area contributed by atoms with Crippen molar-refractivity contribution in [3.63, 3.8) is 0 Å². The highest BCUT2D eigenvalue weighted by atomic mass is 16.7. The van der Waals surface area contributed by atoms with Gasteiger partial charge in [-0.05, 0) is 0 Å². The van der Waals surface area contributed by atoms with Crippen molar-refractivity contribution in [3.8, 4) is 12.8 Å². The molecule has 0 aromatic heterocycles. The van der Waals surface area contributed by atoms with E-state index in [1.54, 1.807) is 0 Å². The second kappa shape index (κ2) is 15.9. The lowest BCUT2D eigenvalue weighted by Crippen LogP contribution is -2.40. The molecule has 1 saturated heterocycles. The average molecular weight is 264 g/mol. The number of carboxylic acid groups (broad SMARTS) is 1. The maximum atomic E-state index is 10.5. The molecule has 3 atom stereocenters. The number of aliphatic carboxylic acids is 1. The van der Waals surface area contributed by atoms with Gasteiger partial charge in [0.05, 0.1) is 6.10 Å². The predicted molar refractivity (Wildman–Crippen MR) is 67.9 cm³/mol. The topological polar surface area (TPSA) is 96.2 Å². The lowest BCUT2D eigenvalue weighted by atomic mass is 10.1. The van der Waals surface area contributed by atoms with Gasteiger partial charge in [-0.2, -0.15) is 0 Å². The van der Waals surface area contributed by atoms with Crippen LogP contribution < -0.4 is 0 Å². The number of methoxy groups -OCH3 is 1. The highest BCUT2D eigenvalue weighted by Gasteiger charge is 2.32. The number of carbonyl (C=O) groups is 1. The van der Waals surface area contributed by atoms with Gasteiger partial charge in [-0.3, -0.25) is 0 Å². The van der Waals surface area contributed by atoms with Crippen molar-refractivity contribution in [1.29, 1.82) is 0 Å². The summed E-state index contributed by atoms with van der Waals surface area (Å²) in [6, 6.07) is 0. The molecular weight excluding hydrogens is 240 g/mol. The largest absolute Gasteiger partial charge is 0.479 e. The van der Waals surface area contributed by atoms with Crippen LogP contribution in [0.3, 0.4) is 0 Å². The Balaban J connectivity index is -0.000000328. The fourth-order valence-electron chi connectivity index (χ4n) is 1.17. The minimum Gasteiger partial charge on any atom is -0.479 e. The third-order valence-electron chi connectivity index (χ3n) is 1.81. The van der Waals surface area contributed by atoms with Crippen LogP contribution in [0, 0.1) is 12.8 Å². The molecule has 0 unspecified atom stereocenters. The average Bonchev–Trinajstić information content (AvgIpc) is 2.44. The van der Waals surface area contributed by atoms with Gasteiger partial charge in [-0.1, -0.05) is 13.8 Å². The highest BCUT2D eigenvalue weighted by molar-refractivity contribution is 5.72. The smallest absolute Gasteiger partial charge is 0.333 e. The molecule has 6 nitrogen and oxygen atoms in total. The van der Waals surface area contributed by atoms with Crippen LogP contribution in [0.25, 0.3) is 0 Å². The minimum absolute atomic E-state index is 0.134. The maximum absolute atomic E-state index is 10.5. The number of aliphatic hydroxyl groups excluding tert-OH is 2. The molecule has 1 heterocycles. The number of rotatable bonds is 2. The van der Waals surface area contributed by atoms with E-state index in [0.29, 0.717) is 6.42 Å². The van der Waals surface area contributed by atoms with Crippen molar-refractivity contribution in [2.45, 2.75) is 45.2 Å². The zero-order valence-electron chi connectivity index (χ0n) is 11.4. The van der Waals surface area contributed by atoms with Crippen LogP contribution in [0.5, 0.6) is 0 Å². The highest BCUT2D eigenvalue weighted by Crippen LogP contribution is 2.19. The Labute approximate surface area is 109 Å². The molecule has 1 aliphatic rings. The summed E-state index contributed by atoms with van der Waals surface area (Å²) in [5.74, 6) is -1.06. The van der Waals surface area contributed by atoms with Crippen LogP contribution in [-0.4, -0.2) is 54.0 Å². The molecule has 0 bridgehead atoms. The van der Waals surface area contributed by atoms with Crippen molar-refractivity contribution in [2.75, 3.05) is 14.2 Å². The lowest BCUT2D eigenvalue weighted by Gasteiger charge is -2.29. The van der Waals surface area contributed by atoms with Gasteiger partial charge >= 0.3 is 5.97 Å². The first-order valence-corrected chi connectivity index (χ1v) is 5.50. The third-order valence-corrected chi connectivity index (χ3v) is 1.81. The molecule has 0 saturated carbocycles. The van der Waals surface area contributed by atoms with Crippen LogP contribution >= 0.6 is 0 Å². The van der Waals surface area contributed by atoms with Crippen LogP contribution in [-0.2, 0) is 14.3 Å². The van der Waals surface area contributed by atoms with Gasteiger partial charge in [0.15, 0.2) is 12.4 Å². The summed E-state index contributed by atoms with van der Waals surface area (Å²) < 4.78 is 9.78. The van der Waals surface area contributed by atoms with E-state index in [2.05, 4.69) is 12.8 Å². The SMILES string of the molecule is C#C.CC.CO.CO[C@H]1C[C@@H](O)C[C@@H](C(=O)O)O1. The number of hydrogen-bond acceptors (Lipinski definition) is 5. The minimum atomic E-state index is -1.06. The van der Waals surface area contributed by atoms with E-state index < -0.39 is 24.5 Å². The zero-order valence-corrected chi connectivity index (χ0v) is 11.4. The van der Waals surface area contributed by atoms with Gasteiger partial charge < -0.3 is 24.8 Å². The molecule has 108 valence electrons. The van der Waals surface area contributed by atoms with Gasteiger partial charge in [-0.25, -0.2) is 4.79 Å². The summed E-state index contributed by atoms with van der Waals surface area (Å²) in [5.41, 5.74) is 0. The molecule has 18 heavy (non-hydrogen) atoms. The molecule has 3 N–H and O–H groups in total. The molecular formula is C12H24O6. The molecule has 0 aliphatic carbocycles. The monoisotopic (exact) mass is 264 g/mol. The lowest BCUT2D eigenvalue weighted by molar-refractivity contribution is -0.213. The second-order valence-electron chi connectivity index (χ2n) is 2.75. The summed E-state index contributed by atoms with van der Waals surface area (Å²) in [4.78, 5) is 10.5. The van der Waals surface area contributed by atoms with E-state index >= 15 is 0 Å². The van der Waals surface area contributed by atoms with Crippen molar-refractivity contribution in [1.82, 2.24) is 0 Å². The van der Waals surface area contributed by atoms with Crippen LogP contribution in [0.15, 0.2) is 0 Å². The number of terminal acetylenes is 1. The van der Waals surface area contributed by atoms with Gasteiger partial charge in [0.25, 0.3) is 0 Å². The molecule has 0 radical (unpaired) electrons. The quantitative estimate of drug-likeness (QED) is 0.627. The Kier molecular flexibility index (Phi) is 19.5. The van der Waals surface area contributed by atoms with Crippen LogP contribution in [0.4, 0.5) is 0 Å². The molecule has 6 heteroatoms. The first-order valence-electron chi connectivity index (χ1n) is 5.50. The Morgan fingerprint density at radius 1 is 1.28 bits per heavy atom. The van der Waals surface area contributed by atoms with Crippen LogP contribution in [0.1, 0.15) is 26.7 Å². The first-order chi connectivity index (χ1) is 8.63. The van der Waals surface area contributed by atoms with E-state index in [4.69, 9.17) is 19.7 Å². The van der Waals surface area contributed by atoms with Crippen molar-refractivity contribution < 1.29 is 29.6 Å². The third kappa shape index (κ3) is 10.1. The number of ether oxygens (including phenoxy) is 2. The summed E-state index contributed by atoms with van der Waals surface area (Å²) in [6.45, 7) is 4.00. The van der Waals surface area contributed by atoms with Crippen molar-refractivity contribution in [2.24, 2.45) is 0 Å². The van der Waals surface area contributed by atoms with E-state index in [1.165, 1.54) is 7.11 Å². The van der Waals surface area contributed by atoms with Gasteiger partial charge in [0.1, 0.15) is 0 Å². The molecule has 1 aliphatic heterocycles. The van der Waals surface area contributed by atoms with E-state index in [-0.39, 0.29) is 6.42 Å². The molecule has 0 spiro atoms. The Bertz CT molecular complexity index is 204. The first kappa shape index (κ1) is 22.1. The van der Waals surface area contributed by atoms with Crippen molar-refractivity contribution in [3.05, 3.63) is 0 Å². The van der Waals surface area contributed by atoms with E-state index in [9.17, 15) is 9.90 Å². The molecule has 1 fully saturated rings. The molecule has 0 aromatic carbocycles. The Morgan fingerprint density at radius 3 is 2.06 bits per heavy atom. The van der Waals surface area contributed by atoms with Gasteiger partial charge in [0, 0.05) is 27.1 Å². The number of carboxylic acids is 1. The van der Waals surface area contributed by atoms with E-state index in [1.807, 2.05) is 13.8 Å². The van der Waals surface area contributed by atoms with Gasteiger partial charge in [-0.15, -0.1) is 12.8 Å². The normalized spacial score (nSPS) is 25.0. The predicted octanol–water partition coefficient (Wildman–Crippen LogP) is 0.467. The van der Waals surface area contributed by atoms with Crippen molar-refractivity contribution >= 4 is 5.97 Å². The maximum Gasteiger partial charge on any atom is 0.333 e. The second-order valence-corrected chi connectivity index (χ2v) is 2.75. The molecule has 0 aromatic rings. The molecule has 1 rings (SSSR count). The molecule has 0 amide bonds. The zero-order chi connectivity index (χ0) is 15.1. The van der Waals surface area contributed by atoms with Gasteiger partial charge in [0.2, 0.25) is 0 Å². The summed E-state index contributed by atoms with van der Waals surface area (Å²) in [7, 11) is 2.42. The van der Waals surface area contributed by atoms with E-state index in [0.717, 1.165) is 7.11 Å². The summed E-state index contributed by atoms with van der Waals surface area (Å²) >= 11 is 0. The number of aliphatic hydroxyl groups is 2. The Morgan fingerprint density at radius 2 is 1.72 bits per heavy atom. The fourth-order valence-corrected chi connectivity index (χ4v) is 1.17. The Hall–Kier alpha value is -1.13. The summed E-state index contributed by atoms with van der Waals surface area (Å²) in [6.07, 6.45) is 6.27. The van der Waals surface area contributed by atoms with Crippen LogP contribution in [0.2, 0.25) is 0 Å². The summed E-state index contributed by atoms with van der Waals surface area (Å²) in [5, 5.41) is 24.8.